The quantitative estimate of drug-likeness (QED) is 0.201. The van der Waals surface area contributed by atoms with E-state index in [1.807, 2.05) is 31.0 Å². The third-order valence-corrected chi connectivity index (χ3v) is 12.5. The number of hydrogen-bond acceptors (Lipinski definition) is 8. The van der Waals surface area contributed by atoms with E-state index in [0.717, 1.165) is 84.9 Å². The Morgan fingerprint density at radius 3 is 2.43 bits per heavy atom. The van der Waals surface area contributed by atoms with Crippen LogP contribution in [0, 0.1) is 30.6 Å². The van der Waals surface area contributed by atoms with Gasteiger partial charge in [0.25, 0.3) is 11.5 Å². The smallest absolute Gasteiger partial charge is 0.264 e. The van der Waals surface area contributed by atoms with Crippen LogP contribution in [0.3, 0.4) is 0 Å². The largest absolute Gasteiger partial charge is 0.496 e. The summed E-state index contributed by atoms with van der Waals surface area (Å²) in [6.07, 6.45) is 7.67. The molecule has 2 atom stereocenters. The van der Waals surface area contributed by atoms with Gasteiger partial charge in [0.05, 0.1) is 32.4 Å². The average Bonchev–Trinajstić information content (AvgIpc) is 3.79. The average molecular weight is 720 g/mol. The fourth-order valence-corrected chi connectivity index (χ4v) is 8.90. The molecule has 2 aromatic carbocycles. The summed E-state index contributed by atoms with van der Waals surface area (Å²) in [5, 5.41) is 9.97. The molecule has 0 radical (unpaired) electrons. The second-order valence-electron chi connectivity index (χ2n) is 16.0. The van der Waals surface area contributed by atoms with Gasteiger partial charge in [-0.05, 0) is 86.4 Å². The molecular formula is C43H53N5O5. The zero-order valence-corrected chi connectivity index (χ0v) is 32.4. The van der Waals surface area contributed by atoms with E-state index in [9.17, 15) is 14.9 Å². The van der Waals surface area contributed by atoms with Crippen LogP contribution < -0.4 is 15.0 Å². The van der Waals surface area contributed by atoms with Crippen LogP contribution in [0.15, 0.2) is 53.0 Å². The van der Waals surface area contributed by atoms with Crippen LogP contribution in [-0.2, 0) is 36.1 Å². The number of aromatic nitrogens is 1. The van der Waals surface area contributed by atoms with Gasteiger partial charge < -0.3 is 23.7 Å². The van der Waals surface area contributed by atoms with Crippen LogP contribution in [0.4, 0.5) is 0 Å². The highest BCUT2D eigenvalue weighted by Gasteiger charge is 2.51. The highest BCUT2D eigenvalue weighted by molar-refractivity contribution is 5.97. The first kappa shape index (κ1) is 36.9. The molecule has 1 aromatic heterocycles. The number of amides is 1. The predicted molar refractivity (Wildman–Crippen MR) is 205 cm³/mol. The molecule has 3 aromatic rings. The normalized spacial score (nSPS) is 22.8. The van der Waals surface area contributed by atoms with Gasteiger partial charge in [0.15, 0.2) is 0 Å². The van der Waals surface area contributed by atoms with Crippen molar-refractivity contribution < 1.29 is 19.0 Å². The van der Waals surface area contributed by atoms with Crippen LogP contribution in [0.2, 0.25) is 0 Å². The van der Waals surface area contributed by atoms with Crippen LogP contribution >= 0.6 is 0 Å². The number of hydrogen-bond donors (Lipinski definition) is 0. The highest BCUT2D eigenvalue weighted by atomic mass is 16.5. The topological polar surface area (TPSA) is 100 Å². The van der Waals surface area contributed by atoms with Crippen molar-refractivity contribution in [1.29, 1.82) is 5.26 Å². The predicted octanol–water partition coefficient (Wildman–Crippen LogP) is 5.86. The maximum Gasteiger partial charge on any atom is 0.264 e. The number of pyridine rings is 1. The summed E-state index contributed by atoms with van der Waals surface area (Å²) in [6.45, 7) is 14.3. The SMILES string of the molecule is COc1cc(-c2cn(C)c(=O)c(C)c2C)cc(OC)c1CN1CCN(Cc2cccc3c2CCN(C(=O)C(C#N)=CC2(C)CCOC2)C3C)C2(CC2)C1. The van der Waals surface area contributed by atoms with Gasteiger partial charge in [0.1, 0.15) is 23.1 Å². The Balaban J connectivity index is 1.06. The standard InChI is InChI=1S/C43H53N5O5/c1-28-29(2)40(49)45(5)24-36(28)32-19-38(51-6)37(39(20-32)52-7)25-46-16-17-47(43(26-46)12-13-43)23-31-9-8-10-34-30(3)48(15-11-35(31)34)41(50)33(22-44)21-42(4)14-18-53-27-42/h8-10,19-21,24,30H,11-18,23,25-27H2,1-7H3. The molecule has 280 valence electrons. The lowest BCUT2D eigenvalue weighted by Gasteiger charge is -2.43. The molecule has 0 N–H and O–H groups in total. The number of fused-ring (bicyclic) bond motifs is 1. The minimum Gasteiger partial charge on any atom is -0.496 e. The first-order chi connectivity index (χ1) is 25.4. The third kappa shape index (κ3) is 6.91. The van der Waals surface area contributed by atoms with E-state index in [4.69, 9.17) is 14.2 Å². The molecule has 1 spiro atoms. The molecule has 1 aliphatic carbocycles. The summed E-state index contributed by atoms with van der Waals surface area (Å²) in [5.74, 6) is 1.39. The van der Waals surface area contributed by atoms with E-state index in [2.05, 4.69) is 60.0 Å². The van der Waals surface area contributed by atoms with Crippen molar-refractivity contribution >= 4 is 5.91 Å². The summed E-state index contributed by atoms with van der Waals surface area (Å²) >= 11 is 0. The van der Waals surface area contributed by atoms with Gasteiger partial charge in [-0.25, -0.2) is 0 Å². The monoisotopic (exact) mass is 719 g/mol. The Labute approximate surface area is 313 Å². The van der Waals surface area contributed by atoms with Crippen LogP contribution in [0.25, 0.3) is 11.1 Å². The van der Waals surface area contributed by atoms with E-state index in [0.29, 0.717) is 19.8 Å². The fourth-order valence-electron chi connectivity index (χ4n) is 8.90. The molecule has 2 saturated heterocycles. The lowest BCUT2D eigenvalue weighted by Crippen LogP contribution is -2.54. The number of carbonyl (C=O) groups is 1. The lowest BCUT2D eigenvalue weighted by atomic mass is 9.86. The number of ether oxygens (including phenoxy) is 3. The maximum atomic E-state index is 13.7. The van der Waals surface area contributed by atoms with Gasteiger partial charge in [-0.2, -0.15) is 5.26 Å². The zero-order chi connectivity index (χ0) is 37.7. The summed E-state index contributed by atoms with van der Waals surface area (Å²) in [5.41, 5.74) is 8.66. The van der Waals surface area contributed by atoms with Crippen LogP contribution in [0.1, 0.15) is 72.5 Å². The molecule has 4 heterocycles. The van der Waals surface area contributed by atoms with Gasteiger partial charge in [-0.1, -0.05) is 31.2 Å². The van der Waals surface area contributed by atoms with Gasteiger partial charge in [0.2, 0.25) is 0 Å². The van der Waals surface area contributed by atoms with Crippen molar-refractivity contribution in [2.75, 3.05) is 53.6 Å². The number of piperazine rings is 1. The van der Waals surface area contributed by atoms with E-state index >= 15 is 0 Å². The van der Waals surface area contributed by atoms with Crippen molar-refractivity contribution in [2.24, 2.45) is 12.5 Å². The van der Waals surface area contributed by atoms with Crippen molar-refractivity contribution in [3.8, 4) is 28.7 Å². The Hall–Kier alpha value is -4.43. The minimum atomic E-state index is -0.277. The zero-order valence-electron chi connectivity index (χ0n) is 32.4. The number of nitriles is 1. The number of carbonyl (C=O) groups excluding carboxylic acids is 1. The molecule has 3 aliphatic heterocycles. The number of benzene rings is 2. The van der Waals surface area contributed by atoms with Crippen molar-refractivity contribution in [1.82, 2.24) is 19.3 Å². The summed E-state index contributed by atoms with van der Waals surface area (Å²) in [4.78, 5) is 33.3. The summed E-state index contributed by atoms with van der Waals surface area (Å²) in [6, 6.07) is 12.8. The summed E-state index contributed by atoms with van der Waals surface area (Å²) < 4.78 is 19.2. The molecule has 2 unspecified atom stereocenters. The molecule has 53 heavy (non-hydrogen) atoms. The summed E-state index contributed by atoms with van der Waals surface area (Å²) in [7, 11) is 5.21. The molecule has 7 rings (SSSR count). The number of nitrogens with zero attached hydrogens (tertiary/aromatic N) is 5. The van der Waals surface area contributed by atoms with Crippen molar-refractivity contribution in [2.45, 2.75) is 78.0 Å². The van der Waals surface area contributed by atoms with Gasteiger partial charge in [-0.15, -0.1) is 0 Å². The molecule has 10 heteroatoms. The second-order valence-corrected chi connectivity index (χ2v) is 16.0. The van der Waals surface area contributed by atoms with Gasteiger partial charge >= 0.3 is 0 Å². The molecule has 10 nitrogen and oxygen atoms in total. The maximum absolute atomic E-state index is 13.7. The molecular weight excluding hydrogens is 667 g/mol. The van der Waals surface area contributed by atoms with E-state index in [-0.39, 0.29) is 34.0 Å². The van der Waals surface area contributed by atoms with E-state index in [1.165, 1.54) is 29.5 Å². The molecule has 3 fully saturated rings. The number of rotatable bonds is 9. The minimum absolute atomic E-state index is 0.0126. The van der Waals surface area contributed by atoms with E-state index in [1.54, 1.807) is 25.8 Å². The highest BCUT2D eigenvalue weighted by Crippen LogP contribution is 2.47. The van der Waals surface area contributed by atoms with Crippen molar-refractivity contribution in [3.05, 3.63) is 91.9 Å². The fraction of sp³-hybridized carbons (Fsp3) is 0.512. The van der Waals surface area contributed by atoms with Gasteiger partial charge in [0, 0.05) is 81.2 Å². The Bertz CT molecular complexity index is 2030. The molecule has 0 bridgehead atoms. The Morgan fingerprint density at radius 1 is 1.06 bits per heavy atom. The Morgan fingerprint density at radius 2 is 1.79 bits per heavy atom. The van der Waals surface area contributed by atoms with Gasteiger partial charge in [-0.3, -0.25) is 19.4 Å². The first-order valence-electron chi connectivity index (χ1n) is 18.9. The molecule has 1 saturated carbocycles. The molecule has 1 amide bonds. The lowest BCUT2D eigenvalue weighted by molar-refractivity contribution is -0.129. The van der Waals surface area contributed by atoms with Crippen molar-refractivity contribution in [3.63, 3.8) is 0 Å². The second kappa shape index (κ2) is 14.4. The van der Waals surface area contributed by atoms with E-state index < -0.39 is 0 Å². The van der Waals surface area contributed by atoms with Crippen LogP contribution in [0.5, 0.6) is 11.5 Å². The molecule has 4 aliphatic rings. The van der Waals surface area contributed by atoms with Crippen LogP contribution in [-0.4, -0.2) is 84.3 Å². The first-order valence-corrected chi connectivity index (χ1v) is 18.9. The number of methoxy groups -OCH3 is 2. The Kier molecular flexibility index (Phi) is 10.0. The number of aryl methyl sites for hydroxylation is 1. The third-order valence-electron chi connectivity index (χ3n) is 12.5.